The van der Waals surface area contributed by atoms with E-state index in [2.05, 4.69) is 0 Å². The van der Waals surface area contributed by atoms with Crippen LogP contribution in [0.5, 0.6) is 0 Å². The fourth-order valence-corrected chi connectivity index (χ4v) is 2.07. The van der Waals surface area contributed by atoms with Gasteiger partial charge in [0, 0.05) is 6.08 Å². The lowest BCUT2D eigenvalue weighted by molar-refractivity contribution is -0.137. The Morgan fingerprint density at radius 1 is 1.25 bits per heavy atom. The van der Waals surface area contributed by atoms with E-state index in [1.807, 2.05) is 0 Å². The molecule has 5 nitrogen and oxygen atoms in total. The molecule has 104 valence electrons. The van der Waals surface area contributed by atoms with Gasteiger partial charge in [0.1, 0.15) is 0 Å². The summed E-state index contributed by atoms with van der Waals surface area (Å²) in [5.74, 6) is -1.17. The molecule has 5 heteroatoms. The molecule has 0 N–H and O–H groups in total. The van der Waals surface area contributed by atoms with Crippen LogP contribution in [0.1, 0.15) is 34.6 Å². The minimum Gasteiger partial charge on any atom is -0.463 e. The molecule has 1 aliphatic heterocycles. The zero-order valence-electron chi connectivity index (χ0n) is 11.3. The second-order valence-corrected chi connectivity index (χ2v) is 4.38. The number of nitrogens with zero attached hydrogens (tertiary/aromatic N) is 1. The molecule has 2 amide bonds. The van der Waals surface area contributed by atoms with Crippen LogP contribution in [-0.2, 0) is 9.53 Å². The Morgan fingerprint density at radius 2 is 1.80 bits per heavy atom. The van der Waals surface area contributed by atoms with Gasteiger partial charge in [0.05, 0.1) is 23.8 Å². The van der Waals surface area contributed by atoms with Crippen LogP contribution in [0.3, 0.4) is 0 Å². The molecule has 1 aliphatic rings. The molecule has 1 atom stereocenters. The highest BCUT2D eigenvalue weighted by Crippen LogP contribution is 2.24. The Kier molecular flexibility index (Phi) is 3.98. The van der Waals surface area contributed by atoms with Gasteiger partial charge < -0.3 is 4.74 Å². The Bertz CT molecular complexity index is 556. The Labute approximate surface area is 116 Å². The maximum atomic E-state index is 12.2. The molecule has 1 aromatic carbocycles. The highest BCUT2D eigenvalue weighted by Gasteiger charge is 2.37. The van der Waals surface area contributed by atoms with E-state index in [9.17, 15) is 14.4 Å². The van der Waals surface area contributed by atoms with Crippen LogP contribution >= 0.6 is 0 Å². The first-order chi connectivity index (χ1) is 9.56. The summed E-state index contributed by atoms with van der Waals surface area (Å²) in [7, 11) is 0. The third-order valence-electron chi connectivity index (χ3n) is 3.03. The molecule has 0 radical (unpaired) electrons. The molecule has 1 heterocycles. The van der Waals surface area contributed by atoms with E-state index < -0.39 is 12.0 Å². The zero-order chi connectivity index (χ0) is 14.7. The standard InChI is InChI=1S/C15H15NO4/c1-3-20-13(17)9-8-10(2)16-14(18)11-6-4-5-7-12(11)15(16)19/h4-10H,3H2,1-2H3/b9-8+/t10-/m0/s1. The SMILES string of the molecule is CCOC(=O)/C=C/[C@H](C)N1C(=O)c2ccccc2C1=O. The summed E-state index contributed by atoms with van der Waals surface area (Å²) >= 11 is 0. The summed E-state index contributed by atoms with van der Waals surface area (Å²) in [6, 6.07) is 6.17. The van der Waals surface area contributed by atoms with Gasteiger partial charge in [-0.25, -0.2) is 4.79 Å². The highest BCUT2D eigenvalue weighted by molar-refractivity contribution is 6.21. The van der Waals surface area contributed by atoms with Gasteiger partial charge in [-0.3, -0.25) is 14.5 Å². The van der Waals surface area contributed by atoms with Crippen molar-refractivity contribution in [3.8, 4) is 0 Å². The van der Waals surface area contributed by atoms with Crippen LogP contribution in [0, 0.1) is 0 Å². The van der Waals surface area contributed by atoms with Crippen LogP contribution in [0.25, 0.3) is 0 Å². The molecule has 0 bridgehead atoms. The van der Waals surface area contributed by atoms with Crippen molar-refractivity contribution >= 4 is 17.8 Å². The normalized spacial score (nSPS) is 15.6. The second kappa shape index (κ2) is 5.69. The smallest absolute Gasteiger partial charge is 0.330 e. The summed E-state index contributed by atoms with van der Waals surface area (Å²) in [4.78, 5) is 36.7. The lowest BCUT2D eigenvalue weighted by Gasteiger charge is -2.19. The minimum absolute atomic E-state index is 0.282. The summed E-state index contributed by atoms with van der Waals surface area (Å²) in [6.07, 6.45) is 2.72. The van der Waals surface area contributed by atoms with Gasteiger partial charge in [0.15, 0.2) is 0 Å². The topological polar surface area (TPSA) is 63.7 Å². The highest BCUT2D eigenvalue weighted by atomic mass is 16.5. The first-order valence-corrected chi connectivity index (χ1v) is 6.38. The number of ether oxygens (including phenoxy) is 1. The van der Waals surface area contributed by atoms with Gasteiger partial charge in [-0.15, -0.1) is 0 Å². The average Bonchev–Trinajstić information content (AvgIpc) is 2.69. The van der Waals surface area contributed by atoms with E-state index >= 15 is 0 Å². The molecule has 2 rings (SSSR count). The number of carbonyl (C=O) groups excluding carboxylic acids is 3. The third kappa shape index (κ3) is 2.47. The maximum Gasteiger partial charge on any atom is 0.330 e. The third-order valence-corrected chi connectivity index (χ3v) is 3.03. The van der Waals surface area contributed by atoms with Crippen LogP contribution in [0.4, 0.5) is 0 Å². The summed E-state index contributed by atoms with van der Waals surface area (Å²) < 4.78 is 4.76. The van der Waals surface area contributed by atoms with Gasteiger partial charge in [-0.05, 0) is 26.0 Å². The molecule has 0 fully saturated rings. The van der Waals surface area contributed by atoms with Gasteiger partial charge >= 0.3 is 5.97 Å². The van der Waals surface area contributed by atoms with Crippen molar-refractivity contribution in [1.82, 2.24) is 4.90 Å². The van der Waals surface area contributed by atoms with Crippen molar-refractivity contribution in [2.45, 2.75) is 19.9 Å². The molecule has 0 saturated heterocycles. The molecule has 0 spiro atoms. The lowest BCUT2D eigenvalue weighted by Crippen LogP contribution is -2.36. The predicted octanol–water partition coefficient (Wildman–Crippen LogP) is 1.79. The van der Waals surface area contributed by atoms with E-state index in [0.717, 1.165) is 4.90 Å². The van der Waals surface area contributed by atoms with E-state index in [1.165, 1.54) is 12.2 Å². The summed E-state index contributed by atoms with van der Waals surface area (Å²) in [6.45, 7) is 3.67. The van der Waals surface area contributed by atoms with Crippen molar-refractivity contribution in [2.75, 3.05) is 6.61 Å². The number of carbonyl (C=O) groups is 3. The first kappa shape index (κ1) is 14.0. The number of imide groups is 1. The molecule has 0 unspecified atom stereocenters. The van der Waals surface area contributed by atoms with Crippen molar-refractivity contribution in [3.05, 3.63) is 47.5 Å². The van der Waals surface area contributed by atoms with Crippen molar-refractivity contribution in [1.29, 1.82) is 0 Å². The number of hydrogen-bond acceptors (Lipinski definition) is 4. The van der Waals surface area contributed by atoms with Gasteiger partial charge in [-0.1, -0.05) is 18.2 Å². The molecule has 0 aromatic heterocycles. The van der Waals surface area contributed by atoms with Crippen LogP contribution in [-0.4, -0.2) is 35.3 Å². The molecule has 0 saturated carbocycles. The van der Waals surface area contributed by atoms with E-state index in [-0.39, 0.29) is 18.4 Å². The molecular formula is C15H15NO4. The van der Waals surface area contributed by atoms with Gasteiger partial charge in [-0.2, -0.15) is 0 Å². The van der Waals surface area contributed by atoms with Crippen LogP contribution in [0.15, 0.2) is 36.4 Å². The predicted molar refractivity (Wildman–Crippen MR) is 72.2 cm³/mol. The minimum atomic E-state index is -0.508. The molecular weight excluding hydrogens is 258 g/mol. The maximum absolute atomic E-state index is 12.2. The van der Waals surface area contributed by atoms with Gasteiger partial charge in [0.2, 0.25) is 0 Å². The second-order valence-electron chi connectivity index (χ2n) is 4.38. The summed E-state index contributed by atoms with van der Waals surface area (Å²) in [5.41, 5.74) is 0.794. The van der Waals surface area contributed by atoms with Crippen molar-refractivity contribution < 1.29 is 19.1 Å². The van der Waals surface area contributed by atoms with Crippen LogP contribution in [0.2, 0.25) is 0 Å². The van der Waals surface area contributed by atoms with Gasteiger partial charge in [0.25, 0.3) is 11.8 Å². The molecule has 20 heavy (non-hydrogen) atoms. The Balaban J connectivity index is 2.17. The Morgan fingerprint density at radius 3 is 2.30 bits per heavy atom. The number of esters is 1. The number of amides is 2. The number of hydrogen-bond donors (Lipinski definition) is 0. The number of fused-ring (bicyclic) bond motifs is 1. The fourth-order valence-electron chi connectivity index (χ4n) is 2.07. The lowest BCUT2D eigenvalue weighted by atomic mass is 10.1. The number of benzene rings is 1. The quantitative estimate of drug-likeness (QED) is 0.476. The molecule has 1 aromatic rings. The largest absolute Gasteiger partial charge is 0.463 e. The summed E-state index contributed by atoms with van der Waals surface area (Å²) in [5, 5.41) is 0. The van der Waals surface area contributed by atoms with E-state index in [1.54, 1.807) is 38.1 Å². The van der Waals surface area contributed by atoms with Crippen LogP contribution < -0.4 is 0 Å². The molecule has 0 aliphatic carbocycles. The zero-order valence-corrected chi connectivity index (χ0v) is 11.3. The first-order valence-electron chi connectivity index (χ1n) is 6.38. The monoisotopic (exact) mass is 273 g/mol. The average molecular weight is 273 g/mol. The van der Waals surface area contributed by atoms with E-state index in [0.29, 0.717) is 11.1 Å². The Hall–Kier alpha value is -2.43. The van der Waals surface area contributed by atoms with E-state index in [4.69, 9.17) is 4.74 Å². The number of rotatable bonds is 4. The fraction of sp³-hybridized carbons (Fsp3) is 0.267. The van der Waals surface area contributed by atoms with Crippen molar-refractivity contribution in [3.63, 3.8) is 0 Å². The van der Waals surface area contributed by atoms with Crippen molar-refractivity contribution in [2.24, 2.45) is 0 Å².